The van der Waals surface area contributed by atoms with Crippen LogP contribution < -0.4 is 9.47 Å². The number of rotatable bonds is 7. The van der Waals surface area contributed by atoms with Gasteiger partial charge in [0.2, 0.25) is 0 Å². The van der Waals surface area contributed by atoms with Gasteiger partial charge in [0.1, 0.15) is 0 Å². The summed E-state index contributed by atoms with van der Waals surface area (Å²) in [6.45, 7) is 4.15. The number of carbonyl (C=O) groups is 2. The van der Waals surface area contributed by atoms with Gasteiger partial charge in [0.15, 0.2) is 24.7 Å². The molecular formula is C20H27NO5. The van der Waals surface area contributed by atoms with E-state index in [1.807, 2.05) is 38.1 Å². The molecule has 1 aliphatic rings. The minimum atomic E-state index is -0.581. The first-order chi connectivity index (χ1) is 12.5. The third-order valence-electron chi connectivity index (χ3n) is 4.37. The van der Waals surface area contributed by atoms with E-state index in [1.165, 1.54) is 0 Å². The van der Waals surface area contributed by atoms with Gasteiger partial charge in [-0.1, -0.05) is 18.2 Å². The Labute approximate surface area is 154 Å². The molecule has 1 heterocycles. The van der Waals surface area contributed by atoms with Gasteiger partial charge in [0.05, 0.1) is 7.11 Å². The van der Waals surface area contributed by atoms with Crippen molar-refractivity contribution < 1.29 is 23.8 Å². The summed E-state index contributed by atoms with van der Waals surface area (Å²) in [5, 5.41) is 0. The van der Waals surface area contributed by atoms with E-state index in [2.05, 4.69) is 0 Å². The second-order valence-electron chi connectivity index (χ2n) is 6.29. The molecule has 2 rings (SSSR count). The van der Waals surface area contributed by atoms with Crippen LogP contribution in [0, 0.1) is 0 Å². The number of amides is 1. The maximum atomic E-state index is 12.2. The molecule has 1 aliphatic heterocycles. The fourth-order valence-corrected chi connectivity index (χ4v) is 2.97. The first kappa shape index (κ1) is 19.8. The van der Waals surface area contributed by atoms with Crippen molar-refractivity contribution in [1.82, 2.24) is 4.90 Å². The summed E-state index contributed by atoms with van der Waals surface area (Å²) < 4.78 is 15.8. The van der Waals surface area contributed by atoms with E-state index >= 15 is 0 Å². The van der Waals surface area contributed by atoms with Gasteiger partial charge in [-0.05, 0) is 50.8 Å². The molecule has 0 aromatic heterocycles. The van der Waals surface area contributed by atoms with Crippen LogP contribution in [0.5, 0.6) is 11.5 Å². The van der Waals surface area contributed by atoms with Gasteiger partial charge < -0.3 is 19.1 Å². The molecule has 0 saturated carbocycles. The third kappa shape index (κ3) is 5.51. The number of methoxy groups -OCH3 is 1. The number of allylic oxidation sites excluding steroid dienone is 1. The Hall–Kier alpha value is -2.50. The molecule has 1 saturated heterocycles. The van der Waals surface area contributed by atoms with Crippen LogP contribution in [-0.2, 0) is 14.3 Å². The van der Waals surface area contributed by atoms with E-state index in [9.17, 15) is 9.59 Å². The van der Waals surface area contributed by atoms with Gasteiger partial charge in [0, 0.05) is 12.6 Å². The van der Waals surface area contributed by atoms with E-state index in [0.717, 1.165) is 31.4 Å². The van der Waals surface area contributed by atoms with E-state index < -0.39 is 5.97 Å². The van der Waals surface area contributed by atoms with Crippen LogP contribution in [0.2, 0.25) is 0 Å². The highest BCUT2D eigenvalue weighted by atomic mass is 16.6. The highest BCUT2D eigenvalue weighted by molar-refractivity contribution is 5.81. The molecule has 0 spiro atoms. The molecule has 1 atom stereocenters. The van der Waals surface area contributed by atoms with Crippen LogP contribution in [0.25, 0.3) is 6.08 Å². The largest absolute Gasteiger partial charge is 0.493 e. The molecular weight excluding hydrogens is 334 g/mol. The Morgan fingerprint density at radius 2 is 2.04 bits per heavy atom. The SMILES string of the molecule is C/C=C/c1ccc(OCC(=O)OCC(=O)N2CCCCC2C)c(OC)c1. The van der Waals surface area contributed by atoms with E-state index in [1.54, 1.807) is 18.1 Å². The molecule has 1 aromatic rings. The molecule has 0 aliphatic carbocycles. The molecule has 26 heavy (non-hydrogen) atoms. The number of hydrogen-bond acceptors (Lipinski definition) is 5. The van der Waals surface area contributed by atoms with Crippen molar-refractivity contribution in [3.8, 4) is 11.5 Å². The van der Waals surface area contributed by atoms with Gasteiger partial charge in [-0.2, -0.15) is 0 Å². The number of ether oxygens (including phenoxy) is 3. The highest BCUT2D eigenvalue weighted by Gasteiger charge is 2.24. The lowest BCUT2D eigenvalue weighted by Gasteiger charge is -2.33. The number of benzene rings is 1. The Balaban J connectivity index is 1.82. The molecule has 1 unspecified atom stereocenters. The molecule has 1 fully saturated rings. The monoisotopic (exact) mass is 361 g/mol. The lowest BCUT2D eigenvalue weighted by atomic mass is 10.0. The summed E-state index contributed by atoms with van der Waals surface area (Å²) in [5.74, 6) is 0.252. The van der Waals surface area contributed by atoms with Crippen molar-refractivity contribution in [2.75, 3.05) is 26.9 Å². The van der Waals surface area contributed by atoms with Crippen molar-refractivity contribution >= 4 is 18.0 Å². The summed E-state index contributed by atoms with van der Waals surface area (Å²) >= 11 is 0. The molecule has 0 N–H and O–H groups in total. The Kier molecular flexibility index (Phi) is 7.51. The molecule has 6 heteroatoms. The number of esters is 1. The summed E-state index contributed by atoms with van der Waals surface area (Å²) in [6, 6.07) is 5.63. The topological polar surface area (TPSA) is 65.1 Å². The minimum absolute atomic E-state index is 0.154. The predicted molar refractivity (Wildman–Crippen MR) is 99.2 cm³/mol. The third-order valence-corrected chi connectivity index (χ3v) is 4.37. The maximum absolute atomic E-state index is 12.2. The van der Waals surface area contributed by atoms with Crippen LogP contribution in [-0.4, -0.2) is 49.7 Å². The smallest absolute Gasteiger partial charge is 0.344 e. The normalized spacial score (nSPS) is 17.2. The van der Waals surface area contributed by atoms with E-state index in [-0.39, 0.29) is 25.2 Å². The second kappa shape index (κ2) is 9.85. The van der Waals surface area contributed by atoms with Crippen molar-refractivity contribution in [3.63, 3.8) is 0 Å². The zero-order valence-corrected chi connectivity index (χ0v) is 15.7. The van der Waals surface area contributed by atoms with Gasteiger partial charge in [0.25, 0.3) is 5.91 Å². The summed E-state index contributed by atoms with van der Waals surface area (Å²) in [6.07, 6.45) is 6.98. The zero-order valence-electron chi connectivity index (χ0n) is 15.7. The summed E-state index contributed by atoms with van der Waals surface area (Å²) in [7, 11) is 1.54. The van der Waals surface area contributed by atoms with Crippen LogP contribution in [0.15, 0.2) is 24.3 Å². The molecule has 1 aromatic carbocycles. The first-order valence-corrected chi connectivity index (χ1v) is 8.93. The number of carbonyl (C=O) groups excluding carboxylic acids is 2. The predicted octanol–water partition coefficient (Wildman–Crippen LogP) is 3.05. The Morgan fingerprint density at radius 3 is 2.73 bits per heavy atom. The fourth-order valence-electron chi connectivity index (χ4n) is 2.97. The quantitative estimate of drug-likeness (QED) is 0.699. The number of hydrogen-bond donors (Lipinski definition) is 0. The zero-order chi connectivity index (χ0) is 18.9. The van der Waals surface area contributed by atoms with Crippen LogP contribution >= 0.6 is 0 Å². The van der Waals surface area contributed by atoms with Gasteiger partial charge >= 0.3 is 5.97 Å². The number of nitrogens with zero attached hydrogens (tertiary/aromatic N) is 1. The van der Waals surface area contributed by atoms with Crippen molar-refractivity contribution in [1.29, 1.82) is 0 Å². The fraction of sp³-hybridized carbons (Fsp3) is 0.500. The van der Waals surface area contributed by atoms with Crippen molar-refractivity contribution in [3.05, 3.63) is 29.8 Å². The molecule has 6 nitrogen and oxygen atoms in total. The van der Waals surface area contributed by atoms with Gasteiger partial charge in [-0.25, -0.2) is 4.79 Å². The second-order valence-corrected chi connectivity index (χ2v) is 6.29. The standard InChI is InChI=1S/C20H27NO5/c1-4-7-16-9-10-17(18(12-16)24-3)25-14-20(23)26-13-19(22)21-11-6-5-8-15(21)2/h4,7,9-10,12,15H,5-6,8,11,13-14H2,1-3H3/b7-4+. The summed E-state index contributed by atoms with van der Waals surface area (Å²) in [4.78, 5) is 25.8. The average molecular weight is 361 g/mol. The lowest BCUT2D eigenvalue weighted by molar-refractivity contribution is -0.155. The van der Waals surface area contributed by atoms with Gasteiger partial charge in [-0.3, -0.25) is 4.79 Å². The van der Waals surface area contributed by atoms with Crippen LogP contribution in [0.1, 0.15) is 38.7 Å². The number of likely N-dealkylation sites (tertiary alicyclic amines) is 1. The van der Waals surface area contributed by atoms with Crippen molar-refractivity contribution in [2.24, 2.45) is 0 Å². The van der Waals surface area contributed by atoms with Crippen molar-refractivity contribution in [2.45, 2.75) is 39.2 Å². The molecule has 142 valence electrons. The van der Waals surface area contributed by atoms with Crippen LogP contribution in [0.4, 0.5) is 0 Å². The summed E-state index contributed by atoms with van der Waals surface area (Å²) in [5.41, 5.74) is 0.973. The maximum Gasteiger partial charge on any atom is 0.344 e. The molecule has 0 radical (unpaired) electrons. The average Bonchev–Trinajstić information content (AvgIpc) is 2.65. The minimum Gasteiger partial charge on any atom is -0.493 e. The van der Waals surface area contributed by atoms with Crippen LogP contribution in [0.3, 0.4) is 0 Å². The lowest BCUT2D eigenvalue weighted by Crippen LogP contribution is -2.44. The molecule has 0 bridgehead atoms. The Bertz CT molecular complexity index is 656. The first-order valence-electron chi connectivity index (χ1n) is 8.93. The van der Waals surface area contributed by atoms with E-state index in [0.29, 0.717) is 11.5 Å². The van der Waals surface area contributed by atoms with Gasteiger partial charge in [-0.15, -0.1) is 0 Å². The van der Waals surface area contributed by atoms with E-state index in [4.69, 9.17) is 14.2 Å². The number of piperidine rings is 1. The Morgan fingerprint density at radius 1 is 1.23 bits per heavy atom. The highest BCUT2D eigenvalue weighted by Crippen LogP contribution is 2.28. The molecule has 1 amide bonds.